The molecule has 3 unspecified atom stereocenters. The third kappa shape index (κ3) is 6.97. The summed E-state index contributed by atoms with van der Waals surface area (Å²) >= 11 is 0. The zero-order valence-electron chi connectivity index (χ0n) is 19.2. The monoisotopic (exact) mass is 396 g/mol. The molecule has 0 spiro atoms. The quantitative estimate of drug-likeness (QED) is 0.559. The van der Waals surface area contributed by atoms with Crippen molar-refractivity contribution < 1.29 is 9.53 Å². The van der Waals surface area contributed by atoms with Crippen LogP contribution in [0.1, 0.15) is 54.4 Å². The molecule has 2 aliphatic heterocycles. The maximum absolute atomic E-state index is 12.9. The number of ether oxygens (including phenoxy) is 1. The molecule has 0 saturated carbocycles. The normalized spacial score (nSPS) is 26.8. The molecule has 164 valence electrons. The van der Waals surface area contributed by atoms with Crippen LogP contribution >= 0.6 is 0 Å². The SMILES string of the molecule is CCC(C)OCCCN1CC(C)N(CC(=O)N2CCN(C(C)C)CC2)C(C)C1. The molecule has 2 heterocycles. The van der Waals surface area contributed by atoms with Gasteiger partial charge in [0, 0.05) is 70.5 Å². The fourth-order valence-corrected chi connectivity index (χ4v) is 4.39. The van der Waals surface area contributed by atoms with E-state index < -0.39 is 0 Å². The number of nitrogens with zero attached hydrogens (tertiary/aromatic N) is 4. The minimum absolute atomic E-state index is 0.303. The van der Waals surface area contributed by atoms with Crippen LogP contribution in [0.15, 0.2) is 0 Å². The summed E-state index contributed by atoms with van der Waals surface area (Å²) in [5.41, 5.74) is 0. The molecule has 0 N–H and O–H groups in total. The Balaban J connectivity index is 1.73. The summed E-state index contributed by atoms with van der Waals surface area (Å²) < 4.78 is 5.81. The molecule has 2 aliphatic rings. The first kappa shape index (κ1) is 23.6. The minimum Gasteiger partial charge on any atom is -0.378 e. The van der Waals surface area contributed by atoms with Crippen molar-refractivity contribution in [3.05, 3.63) is 0 Å². The molecule has 2 fully saturated rings. The van der Waals surface area contributed by atoms with Gasteiger partial charge in [-0.05, 0) is 47.5 Å². The number of rotatable bonds is 9. The van der Waals surface area contributed by atoms with Crippen LogP contribution in [0.2, 0.25) is 0 Å². The van der Waals surface area contributed by atoms with Gasteiger partial charge in [-0.3, -0.25) is 14.6 Å². The van der Waals surface area contributed by atoms with Gasteiger partial charge in [-0.15, -0.1) is 0 Å². The molecular formula is C22H44N4O2. The van der Waals surface area contributed by atoms with Gasteiger partial charge in [-0.1, -0.05) is 6.92 Å². The van der Waals surface area contributed by atoms with Crippen LogP contribution in [0.3, 0.4) is 0 Å². The van der Waals surface area contributed by atoms with Crippen LogP contribution in [0.5, 0.6) is 0 Å². The summed E-state index contributed by atoms with van der Waals surface area (Å²) in [5.74, 6) is 0.303. The zero-order chi connectivity index (χ0) is 20.7. The predicted molar refractivity (Wildman–Crippen MR) is 116 cm³/mol. The van der Waals surface area contributed by atoms with Crippen LogP contribution in [0.4, 0.5) is 0 Å². The lowest BCUT2D eigenvalue weighted by atomic mass is 10.1. The smallest absolute Gasteiger partial charge is 0.236 e. The Kier molecular flexibility index (Phi) is 9.67. The number of carbonyl (C=O) groups is 1. The standard InChI is InChI=1S/C22H44N4O2/c1-7-21(6)28-14-8-9-23-15-19(4)26(20(5)16-23)17-22(27)25-12-10-24(11-13-25)18(2)3/h18-21H,7-17H2,1-6H3. The topological polar surface area (TPSA) is 39.3 Å². The van der Waals surface area contributed by atoms with Crippen LogP contribution in [-0.2, 0) is 9.53 Å². The highest BCUT2D eigenvalue weighted by atomic mass is 16.5. The fourth-order valence-electron chi connectivity index (χ4n) is 4.39. The van der Waals surface area contributed by atoms with E-state index in [0.717, 1.165) is 65.3 Å². The highest BCUT2D eigenvalue weighted by molar-refractivity contribution is 5.78. The van der Waals surface area contributed by atoms with E-state index >= 15 is 0 Å². The van der Waals surface area contributed by atoms with Crippen LogP contribution < -0.4 is 0 Å². The van der Waals surface area contributed by atoms with Crippen molar-refractivity contribution in [1.29, 1.82) is 0 Å². The molecule has 3 atom stereocenters. The Hall–Kier alpha value is -0.690. The van der Waals surface area contributed by atoms with E-state index in [2.05, 4.69) is 61.1 Å². The Labute approximate surface area is 173 Å². The molecule has 28 heavy (non-hydrogen) atoms. The maximum Gasteiger partial charge on any atom is 0.236 e. The van der Waals surface area contributed by atoms with Crippen molar-refractivity contribution in [2.24, 2.45) is 0 Å². The minimum atomic E-state index is 0.303. The Morgan fingerprint density at radius 2 is 1.64 bits per heavy atom. The first-order chi connectivity index (χ1) is 13.3. The summed E-state index contributed by atoms with van der Waals surface area (Å²) in [7, 11) is 0. The second kappa shape index (κ2) is 11.5. The van der Waals surface area contributed by atoms with Crippen molar-refractivity contribution >= 4 is 5.91 Å². The fraction of sp³-hybridized carbons (Fsp3) is 0.955. The number of piperazine rings is 2. The van der Waals surface area contributed by atoms with E-state index in [9.17, 15) is 4.79 Å². The van der Waals surface area contributed by atoms with E-state index in [-0.39, 0.29) is 0 Å². The van der Waals surface area contributed by atoms with Gasteiger partial charge in [0.25, 0.3) is 0 Å². The molecule has 0 aromatic carbocycles. The van der Waals surface area contributed by atoms with Crippen molar-refractivity contribution in [1.82, 2.24) is 19.6 Å². The van der Waals surface area contributed by atoms with Gasteiger partial charge in [-0.2, -0.15) is 0 Å². The lowest BCUT2D eigenvalue weighted by molar-refractivity contribution is -0.136. The molecule has 0 aromatic rings. The molecule has 0 aliphatic carbocycles. The van der Waals surface area contributed by atoms with E-state index in [1.807, 2.05) is 0 Å². The molecule has 6 nitrogen and oxygen atoms in total. The average molecular weight is 397 g/mol. The van der Waals surface area contributed by atoms with Crippen LogP contribution in [-0.4, -0.2) is 109 Å². The second-order valence-corrected chi connectivity index (χ2v) is 9.08. The third-order valence-corrected chi connectivity index (χ3v) is 6.49. The molecule has 1 amide bonds. The molecular weight excluding hydrogens is 352 g/mol. The van der Waals surface area contributed by atoms with Crippen LogP contribution in [0.25, 0.3) is 0 Å². The Bertz CT molecular complexity index is 453. The lowest BCUT2D eigenvalue weighted by Gasteiger charge is -2.45. The number of amides is 1. The average Bonchev–Trinajstić information content (AvgIpc) is 2.67. The highest BCUT2D eigenvalue weighted by Crippen LogP contribution is 2.17. The third-order valence-electron chi connectivity index (χ3n) is 6.49. The van der Waals surface area contributed by atoms with E-state index in [1.165, 1.54) is 0 Å². The number of hydrogen-bond donors (Lipinski definition) is 0. The molecule has 0 aromatic heterocycles. The Morgan fingerprint density at radius 1 is 1.04 bits per heavy atom. The highest BCUT2D eigenvalue weighted by Gasteiger charge is 2.32. The number of hydrogen-bond acceptors (Lipinski definition) is 5. The van der Waals surface area contributed by atoms with Gasteiger partial charge >= 0.3 is 0 Å². The molecule has 2 rings (SSSR count). The summed E-state index contributed by atoms with van der Waals surface area (Å²) in [6.45, 7) is 21.6. The molecule has 2 saturated heterocycles. The lowest BCUT2D eigenvalue weighted by Crippen LogP contribution is -2.60. The molecule has 0 bridgehead atoms. The maximum atomic E-state index is 12.9. The first-order valence-corrected chi connectivity index (χ1v) is 11.4. The molecule has 0 radical (unpaired) electrons. The van der Waals surface area contributed by atoms with Gasteiger partial charge in [0.1, 0.15) is 0 Å². The van der Waals surface area contributed by atoms with Gasteiger partial charge < -0.3 is 14.5 Å². The van der Waals surface area contributed by atoms with Crippen molar-refractivity contribution in [2.75, 3.05) is 59.0 Å². The summed E-state index contributed by atoms with van der Waals surface area (Å²) in [5, 5.41) is 0. The largest absolute Gasteiger partial charge is 0.378 e. The summed E-state index contributed by atoms with van der Waals surface area (Å²) in [4.78, 5) is 22.3. The van der Waals surface area contributed by atoms with Gasteiger partial charge in [-0.25, -0.2) is 0 Å². The van der Waals surface area contributed by atoms with Gasteiger partial charge in [0.2, 0.25) is 5.91 Å². The predicted octanol–water partition coefficient (Wildman–Crippen LogP) is 2.14. The van der Waals surface area contributed by atoms with Gasteiger partial charge in [0.15, 0.2) is 0 Å². The summed E-state index contributed by atoms with van der Waals surface area (Å²) in [6.07, 6.45) is 2.53. The summed E-state index contributed by atoms with van der Waals surface area (Å²) in [6, 6.07) is 1.40. The zero-order valence-corrected chi connectivity index (χ0v) is 19.2. The van der Waals surface area contributed by atoms with Gasteiger partial charge in [0.05, 0.1) is 12.6 Å². The molecule has 6 heteroatoms. The first-order valence-electron chi connectivity index (χ1n) is 11.4. The van der Waals surface area contributed by atoms with Crippen molar-refractivity contribution in [2.45, 2.75) is 78.6 Å². The van der Waals surface area contributed by atoms with Crippen molar-refractivity contribution in [3.8, 4) is 0 Å². The van der Waals surface area contributed by atoms with Crippen LogP contribution in [0, 0.1) is 0 Å². The van der Waals surface area contributed by atoms with E-state index in [0.29, 0.717) is 36.7 Å². The number of carbonyl (C=O) groups excluding carboxylic acids is 1. The van der Waals surface area contributed by atoms with E-state index in [4.69, 9.17) is 4.74 Å². The van der Waals surface area contributed by atoms with E-state index in [1.54, 1.807) is 0 Å². The second-order valence-electron chi connectivity index (χ2n) is 9.08. The van der Waals surface area contributed by atoms with Crippen molar-refractivity contribution in [3.63, 3.8) is 0 Å². The Morgan fingerprint density at radius 3 is 2.18 bits per heavy atom.